The second-order valence-corrected chi connectivity index (χ2v) is 12.6. The Balaban J connectivity index is 0.000000294. The molecule has 256 valence electrons. The van der Waals surface area contributed by atoms with Crippen molar-refractivity contribution in [2.75, 3.05) is 6.61 Å². The van der Waals surface area contributed by atoms with Gasteiger partial charge in [-0.15, -0.1) is 0 Å². The number of rotatable bonds is 16. The van der Waals surface area contributed by atoms with E-state index in [0.29, 0.717) is 11.4 Å². The molecule has 0 bridgehead atoms. The van der Waals surface area contributed by atoms with E-state index in [-0.39, 0.29) is 11.5 Å². The molecule has 0 aromatic heterocycles. The van der Waals surface area contributed by atoms with Crippen molar-refractivity contribution in [1.29, 1.82) is 0 Å². The van der Waals surface area contributed by atoms with Crippen LogP contribution in [0.15, 0.2) is 93.3 Å². The zero-order valence-electron chi connectivity index (χ0n) is 29.8. The molecule has 0 spiro atoms. The molecule has 4 aromatic carbocycles. The fraction of sp³-hybridized carbons (Fsp3) is 0.415. The lowest BCUT2D eigenvalue weighted by atomic mass is 10.1. The number of hydrogen-bond donors (Lipinski definition) is 2. The Morgan fingerprint density at radius 2 is 0.833 bits per heavy atom. The van der Waals surface area contributed by atoms with Gasteiger partial charge in [-0.1, -0.05) is 70.8 Å². The standard InChI is InChI=1S/C27H40N2O.C14H14N2O2/c1-5-6-7-8-9-10-11-12-13-14-19-30-27-18-17-26(21-24(27)4)29-28-25-16-15-22(2)23(3)20-25;1-9-7-11(3-5-13(9)17)15-16-12-4-6-14(18)10(2)8-12/h15-18,20-21H,5-14,19H2,1-4H3;3-8,17-18H,1-2H3. The van der Waals surface area contributed by atoms with Crippen molar-refractivity contribution in [1.82, 2.24) is 0 Å². The van der Waals surface area contributed by atoms with Crippen LogP contribution in [0.25, 0.3) is 0 Å². The van der Waals surface area contributed by atoms with Gasteiger partial charge < -0.3 is 14.9 Å². The summed E-state index contributed by atoms with van der Waals surface area (Å²) in [6.45, 7) is 12.9. The lowest BCUT2D eigenvalue weighted by Crippen LogP contribution is -1.98. The van der Waals surface area contributed by atoms with Crippen LogP contribution in [-0.2, 0) is 0 Å². The number of aromatic hydroxyl groups is 2. The summed E-state index contributed by atoms with van der Waals surface area (Å²) in [5.41, 5.74) is 8.23. The van der Waals surface area contributed by atoms with Crippen molar-refractivity contribution in [3.63, 3.8) is 0 Å². The van der Waals surface area contributed by atoms with E-state index in [1.807, 2.05) is 24.3 Å². The first kappa shape index (κ1) is 37.9. The molecule has 4 aromatic rings. The Morgan fingerprint density at radius 3 is 1.27 bits per heavy atom. The number of hydrogen-bond acceptors (Lipinski definition) is 7. The van der Waals surface area contributed by atoms with E-state index in [2.05, 4.69) is 60.3 Å². The Morgan fingerprint density at radius 1 is 0.438 bits per heavy atom. The largest absolute Gasteiger partial charge is 0.508 e. The lowest BCUT2D eigenvalue weighted by molar-refractivity contribution is 0.302. The number of phenolic OH excluding ortho intramolecular Hbond substituents is 2. The Hall–Kier alpha value is -4.52. The highest BCUT2D eigenvalue weighted by Gasteiger charge is 2.03. The third kappa shape index (κ3) is 13.7. The van der Waals surface area contributed by atoms with Gasteiger partial charge in [0.05, 0.1) is 29.4 Å². The quantitative estimate of drug-likeness (QED) is 0.0932. The van der Waals surface area contributed by atoms with Gasteiger partial charge >= 0.3 is 0 Å². The molecule has 0 fully saturated rings. The summed E-state index contributed by atoms with van der Waals surface area (Å²) in [6.07, 6.45) is 13.4. The van der Waals surface area contributed by atoms with E-state index >= 15 is 0 Å². The molecule has 48 heavy (non-hydrogen) atoms. The molecule has 0 saturated carbocycles. The van der Waals surface area contributed by atoms with E-state index < -0.39 is 0 Å². The third-order valence-corrected chi connectivity index (χ3v) is 8.33. The van der Waals surface area contributed by atoms with Crippen molar-refractivity contribution >= 4 is 22.7 Å². The third-order valence-electron chi connectivity index (χ3n) is 8.33. The molecular formula is C41H54N4O3. The summed E-state index contributed by atoms with van der Waals surface area (Å²) in [6, 6.07) is 22.3. The number of ether oxygens (including phenoxy) is 1. The first-order valence-corrected chi connectivity index (χ1v) is 17.4. The minimum Gasteiger partial charge on any atom is -0.508 e. The Labute approximate surface area is 287 Å². The number of azo groups is 2. The molecular weight excluding hydrogens is 596 g/mol. The first-order chi connectivity index (χ1) is 23.2. The number of nitrogens with zero attached hydrogens (tertiary/aromatic N) is 4. The zero-order chi connectivity index (χ0) is 34.7. The highest BCUT2D eigenvalue weighted by atomic mass is 16.5. The molecule has 0 amide bonds. The second kappa shape index (κ2) is 20.7. The molecule has 2 N–H and O–H groups in total. The van der Waals surface area contributed by atoms with Crippen LogP contribution in [0.1, 0.15) is 98.9 Å². The van der Waals surface area contributed by atoms with Crippen molar-refractivity contribution in [2.24, 2.45) is 20.5 Å². The zero-order valence-corrected chi connectivity index (χ0v) is 29.8. The number of benzene rings is 4. The van der Waals surface area contributed by atoms with Crippen LogP contribution in [0.4, 0.5) is 22.7 Å². The molecule has 0 atom stereocenters. The Kier molecular flexibility index (Phi) is 16.3. The molecule has 0 heterocycles. The average molecular weight is 651 g/mol. The van der Waals surface area contributed by atoms with Crippen LogP contribution in [0, 0.1) is 34.6 Å². The predicted octanol–water partition coefficient (Wildman–Crippen LogP) is 13.5. The van der Waals surface area contributed by atoms with Gasteiger partial charge in [-0.05, 0) is 136 Å². The van der Waals surface area contributed by atoms with Crippen LogP contribution in [0.3, 0.4) is 0 Å². The average Bonchev–Trinajstić information content (AvgIpc) is 3.07. The van der Waals surface area contributed by atoms with E-state index in [9.17, 15) is 10.2 Å². The van der Waals surface area contributed by atoms with Crippen molar-refractivity contribution in [2.45, 2.75) is 106 Å². The van der Waals surface area contributed by atoms with Crippen LogP contribution in [0.5, 0.6) is 17.2 Å². The number of phenols is 2. The highest BCUT2D eigenvalue weighted by Crippen LogP contribution is 2.28. The maximum absolute atomic E-state index is 9.40. The van der Waals surface area contributed by atoms with Gasteiger partial charge in [0.2, 0.25) is 0 Å². The van der Waals surface area contributed by atoms with Gasteiger partial charge in [-0.2, -0.15) is 20.5 Å². The predicted molar refractivity (Wildman–Crippen MR) is 198 cm³/mol. The molecule has 4 rings (SSSR count). The van der Waals surface area contributed by atoms with Crippen LogP contribution in [-0.4, -0.2) is 16.8 Å². The molecule has 0 radical (unpaired) electrons. The summed E-state index contributed by atoms with van der Waals surface area (Å²) in [5.74, 6) is 1.44. The van der Waals surface area contributed by atoms with Gasteiger partial charge in [-0.25, -0.2) is 0 Å². The van der Waals surface area contributed by atoms with Crippen molar-refractivity contribution < 1.29 is 14.9 Å². The second-order valence-electron chi connectivity index (χ2n) is 12.6. The molecule has 0 aliphatic heterocycles. The molecule has 0 unspecified atom stereocenters. The minimum atomic E-state index is 0.245. The fourth-order valence-corrected chi connectivity index (χ4v) is 5.05. The summed E-state index contributed by atoms with van der Waals surface area (Å²) in [4.78, 5) is 0. The summed E-state index contributed by atoms with van der Waals surface area (Å²) in [7, 11) is 0. The van der Waals surface area contributed by atoms with Crippen LogP contribution in [0.2, 0.25) is 0 Å². The van der Waals surface area contributed by atoms with Gasteiger partial charge in [-0.3, -0.25) is 0 Å². The van der Waals surface area contributed by atoms with Gasteiger partial charge in [0.15, 0.2) is 0 Å². The first-order valence-electron chi connectivity index (χ1n) is 17.4. The summed E-state index contributed by atoms with van der Waals surface area (Å²) < 4.78 is 5.98. The van der Waals surface area contributed by atoms with Crippen LogP contribution >= 0.6 is 0 Å². The lowest BCUT2D eigenvalue weighted by Gasteiger charge is -2.09. The molecule has 0 aliphatic carbocycles. The molecule has 0 saturated heterocycles. The van der Waals surface area contributed by atoms with E-state index in [4.69, 9.17) is 4.74 Å². The minimum absolute atomic E-state index is 0.245. The van der Waals surface area contributed by atoms with Gasteiger partial charge in [0.1, 0.15) is 17.2 Å². The van der Waals surface area contributed by atoms with Gasteiger partial charge in [0, 0.05) is 0 Å². The van der Waals surface area contributed by atoms with E-state index in [0.717, 1.165) is 46.8 Å². The van der Waals surface area contributed by atoms with E-state index in [1.54, 1.807) is 50.2 Å². The fourth-order valence-electron chi connectivity index (χ4n) is 5.05. The van der Waals surface area contributed by atoms with Crippen molar-refractivity contribution in [3.05, 3.63) is 101 Å². The highest BCUT2D eigenvalue weighted by molar-refractivity contribution is 5.50. The smallest absolute Gasteiger partial charge is 0.122 e. The maximum atomic E-state index is 9.40. The molecule has 7 nitrogen and oxygen atoms in total. The topological polar surface area (TPSA) is 99.1 Å². The summed E-state index contributed by atoms with van der Waals surface area (Å²) in [5, 5.41) is 35.7. The number of aryl methyl sites for hydroxylation is 5. The number of unbranched alkanes of at least 4 members (excludes halogenated alkanes) is 9. The maximum Gasteiger partial charge on any atom is 0.122 e. The van der Waals surface area contributed by atoms with E-state index in [1.165, 1.54) is 68.9 Å². The summed E-state index contributed by atoms with van der Waals surface area (Å²) >= 11 is 0. The monoisotopic (exact) mass is 650 g/mol. The van der Waals surface area contributed by atoms with Gasteiger partial charge in [0.25, 0.3) is 0 Å². The van der Waals surface area contributed by atoms with Crippen LogP contribution < -0.4 is 4.74 Å². The SMILES string of the molecule is CCCCCCCCCCCCOc1ccc(N=Nc2ccc(C)c(C)c2)cc1C.Cc1cc(N=Nc2ccc(O)c(C)c2)ccc1O. The van der Waals surface area contributed by atoms with Crippen molar-refractivity contribution in [3.8, 4) is 17.2 Å². The Bertz CT molecular complexity index is 1580. The normalized spacial score (nSPS) is 11.2. The molecule has 7 heteroatoms. The molecule has 0 aliphatic rings.